The van der Waals surface area contributed by atoms with E-state index in [-0.39, 0.29) is 17.7 Å². The van der Waals surface area contributed by atoms with Gasteiger partial charge in [0.15, 0.2) is 0 Å². The molecule has 1 saturated heterocycles. The van der Waals surface area contributed by atoms with E-state index in [1.165, 1.54) is 10.6 Å². The van der Waals surface area contributed by atoms with Gasteiger partial charge in [0.25, 0.3) is 0 Å². The van der Waals surface area contributed by atoms with Crippen molar-refractivity contribution >= 4 is 28.8 Å². The average Bonchev–Trinajstić information content (AvgIpc) is 2.98. The summed E-state index contributed by atoms with van der Waals surface area (Å²) in [5.74, 6) is 0. The van der Waals surface area contributed by atoms with Crippen molar-refractivity contribution in [2.24, 2.45) is 5.41 Å². The third kappa shape index (κ3) is 4.83. The molecule has 1 amide bonds. The first-order chi connectivity index (χ1) is 12.8. The minimum atomic E-state index is -1.27. The number of nitrogens with one attached hydrogen (secondary N) is 1. The highest BCUT2D eigenvalue weighted by Gasteiger charge is 2.48. The van der Waals surface area contributed by atoms with Gasteiger partial charge in [-0.1, -0.05) is 0 Å². The number of likely N-dealkylation sites (tertiary alicyclic amines) is 1. The van der Waals surface area contributed by atoms with E-state index in [1.807, 2.05) is 41.5 Å². The molecule has 3 rings (SSSR count). The lowest BCUT2D eigenvalue weighted by molar-refractivity contribution is -0.00926. The maximum Gasteiger partial charge on any atom is 0.411 e. The number of hydrogen-bond acceptors (Lipinski definition) is 6. The fraction of sp³-hybridized carbons (Fsp3) is 0.800. The summed E-state index contributed by atoms with van der Waals surface area (Å²) in [6.45, 7) is 14.1. The minimum absolute atomic E-state index is 0.0835. The topological polar surface area (TPSA) is 77.5 Å². The fourth-order valence-electron chi connectivity index (χ4n) is 3.95. The van der Waals surface area contributed by atoms with Gasteiger partial charge in [0.05, 0.1) is 10.7 Å². The minimum Gasteiger partial charge on any atom is -0.598 e. The van der Waals surface area contributed by atoms with Crippen molar-refractivity contribution in [3.05, 3.63) is 15.6 Å². The number of nitrogens with zero attached hydrogens (tertiary/aromatic N) is 2. The Bertz CT molecular complexity index is 713. The molecule has 158 valence electrons. The van der Waals surface area contributed by atoms with Crippen LogP contribution in [-0.4, -0.2) is 43.6 Å². The maximum atomic E-state index is 12.8. The van der Waals surface area contributed by atoms with Crippen LogP contribution in [0, 0.1) is 12.3 Å². The summed E-state index contributed by atoms with van der Waals surface area (Å²) in [6, 6.07) is 0. The van der Waals surface area contributed by atoms with Crippen LogP contribution in [0.5, 0.6) is 0 Å². The summed E-state index contributed by atoms with van der Waals surface area (Å²) >= 11 is 0.513. The van der Waals surface area contributed by atoms with E-state index in [9.17, 15) is 9.35 Å². The SMILES string of the molecule is Cc1nc2c(s1)CC1(CCN(C(=O)OC(C)(C)C)C(N[S@+]([O-])C(C)(C)C)C1)C2. The third-order valence-corrected chi connectivity index (χ3v) is 7.89. The van der Waals surface area contributed by atoms with Crippen molar-refractivity contribution in [2.75, 3.05) is 6.54 Å². The van der Waals surface area contributed by atoms with Crippen LogP contribution in [0.4, 0.5) is 4.79 Å². The Kier molecular flexibility index (Phi) is 5.82. The van der Waals surface area contributed by atoms with Gasteiger partial charge in [0.2, 0.25) is 0 Å². The first-order valence-electron chi connectivity index (χ1n) is 9.91. The lowest BCUT2D eigenvalue weighted by Gasteiger charge is -2.45. The highest BCUT2D eigenvalue weighted by atomic mass is 32.2. The molecule has 2 unspecified atom stereocenters. The van der Waals surface area contributed by atoms with Crippen molar-refractivity contribution in [2.45, 2.75) is 90.7 Å². The number of carbonyl (C=O) groups excluding carboxylic acids is 1. The van der Waals surface area contributed by atoms with Gasteiger partial charge < -0.3 is 9.29 Å². The molecule has 2 heterocycles. The molecule has 1 aromatic rings. The second-order valence-corrected chi connectivity index (χ2v) is 13.4. The molecule has 28 heavy (non-hydrogen) atoms. The zero-order valence-corrected chi connectivity index (χ0v) is 19.7. The van der Waals surface area contributed by atoms with Crippen molar-refractivity contribution in [3.63, 3.8) is 0 Å². The number of piperidine rings is 1. The molecule has 1 fully saturated rings. The second-order valence-electron chi connectivity index (χ2n) is 10.1. The molecule has 0 saturated carbocycles. The molecule has 1 aliphatic heterocycles. The molecule has 2 aliphatic rings. The van der Waals surface area contributed by atoms with Crippen LogP contribution in [-0.2, 0) is 28.9 Å². The number of amides is 1. The number of aryl methyl sites for hydroxylation is 1. The molecule has 0 bridgehead atoms. The highest BCUT2D eigenvalue weighted by Crippen LogP contribution is 2.47. The predicted octanol–water partition coefficient (Wildman–Crippen LogP) is 3.95. The first-order valence-corrected chi connectivity index (χ1v) is 11.9. The Morgan fingerprint density at radius 2 is 2.00 bits per heavy atom. The second kappa shape index (κ2) is 7.45. The van der Waals surface area contributed by atoms with Crippen molar-refractivity contribution in [1.82, 2.24) is 14.6 Å². The van der Waals surface area contributed by atoms with Crippen molar-refractivity contribution in [3.8, 4) is 0 Å². The van der Waals surface area contributed by atoms with Crippen LogP contribution in [0.1, 0.15) is 70.0 Å². The molecule has 1 aromatic heterocycles. The van der Waals surface area contributed by atoms with E-state index < -0.39 is 21.7 Å². The van der Waals surface area contributed by atoms with E-state index in [1.54, 1.807) is 16.2 Å². The summed E-state index contributed by atoms with van der Waals surface area (Å²) in [5, 5.41) is 1.12. The summed E-state index contributed by atoms with van der Waals surface area (Å²) in [5.41, 5.74) is 0.739. The van der Waals surface area contributed by atoms with Crippen LogP contribution >= 0.6 is 11.3 Å². The fourth-order valence-corrected chi connectivity index (χ4v) is 5.89. The standard InChI is InChI=1S/C20H33N3O3S2/c1-13-21-14-10-20(11-15(14)27-13)8-9-23(17(24)26-18(2,3)4)16(12-20)22-28(25)19(5,6)7/h16,22H,8-12H2,1-7H3/t16?,20?,28-/m1/s1. The van der Waals surface area contributed by atoms with Gasteiger partial charge in [-0.25, -0.2) is 9.78 Å². The lowest BCUT2D eigenvalue weighted by Crippen LogP contribution is -2.60. The molecule has 1 spiro atoms. The lowest BCUT2D eigenvalue weighted by atomic mass is 9.75. The molecular weight excluding hydrogens is 394 g/mol. The number of hydrogen-bond donors (Lipinski definition) is 1. The maximum absolute atomic E-state index is 12.8. The van der Waals surface area contributed by atoms with Gasteiger partial charge in [0, 0.05) is 22.8 Å². The van der Waals surface area contributed by atoms with E-state index in [0.717, 1.165) is 30.7 Å². The molecular formula is C20H33N3O3S2. The summed E-state index contributed by atoms with van der Waals surface area (Å²) in [6.07, 6.45) is 2.96. The Morgan fingerprint density at radius 1 is 1.32 bits per heavy atom. The van der Waals surface area contributed by atoms with Crippen LogP contribution in [0.15, 0.2) is 0 Å². The number of rotatable bonds is 2. The summed E-state index contributed by atoms with van der Waals surface area (Å²) < 4.78 is 21.3. The van der Waals surface area contributed by atoms with Crippen molar-refractivity contribution < 1.29 is 14.1 Å². The number of thiazole rings is 1. The van der Waals surface area contributed by atoms with Gasteiger partial charge in [-0.05, 0) is 79.6 Å². The molecule has 8 heteroatoms. The number of carbonyl (C=O) groups is 1. The summed E-state index contributed by atoms with van der Waals surface area (Å²) in [7, 11) is 0. The highest BCUT2D eigenvalue weighted by molar-refractivity contribution is 7.90. The predicted molar refractivity (Wildman–Crippen MR) is 114 cm³/mol. The molecule has 0 aromatic carbocycles. The zero-order valence-electron chi connectivity index (χ0n) is 18.0. The Balaban J connectivity index is 1.79. The monoisotopic (exact) mass is 427 g/mol. The Morgan fingerprint density at radius 3 is 2.57 bits per heavy atom. The molecule has 1 N–H and O–H groups in total. The number of aromatic nitrogens is 1. The zero-order chi connectivity index (χ0) is 20.9. The van der Waals surface area contributed by atoms with E-state index in [4.69, 9.17) is 9.72 Å². The number of fused-ring (bicyclic) bond motifs is 1. The average molecular weight is 428 g/mol. The van der Waals surface area contributed by atoms with Crippen molar-refractivity contribution in [1.29, 1.82) is 0 Å². The largest absolute Gasteiger partial charge is 0.598 e. The molecule has 3 atom stereocenters. The van der Waals surface area contributed by atoms with E-state index >= 15 is 0 Å². The van der Waals surface area contributed by atoms with E-state index in [0.29, 0.717) is 6.54 Å². The quantitative estimate of drug-likeness (QED) is 0.723. The third-order valence-electron chi connectivity index (χ3n) is 5.28. The van der Waals surface area contributed by atoms with Gasteiger partial charge in [-0.3, -0.25) is 4.90 Å². The first kappa shape index (κ1) is 21.9. The molecule has 6 nitrogen and oxygen atoms in total. The molecule has 0 radical (unpaired) electrons. The summed E-state index contributed by atoms with van der Waals surface area (Å²) in [4.78, 5) is 20.6. The normalized spacial score (nSPS) is 26.4. The molecule has 1 aliphatic carbocycles. The van der Waals surface area contributed by atoms with Crippen LogP contribution in [0.2, 0.25) is 0 Å². The van der Waals surface area contributed by atoms with Crippen LogP contribution in [0.3, 0.4) is 0 Å². The van der Waals surface area contributed by atoms with Crippen LogP contribution in [0.25, 0.3) is 0 Å². The van der Waals surface area contributed by atoms with Crippen LogP contribution < -0.4 is 4.72 Å². The van der Waals surface area contributed by atoms with Gasteiger partial charge >= 0.3 is 6.09 Å². The van der Waals surface area contributed by atoms with Gasteiger partial charge in [0.1, 0.15) is 16.5 Å². The van der Waals surface area contributed by atoms with Gasteiger partial charge in [-0.2, -0.15) is 0 Å². The van der Waals surface area contributed by atoms with Gasteiger partial charge in [-0.15, -0.1) is 16.1 Å². The Labute approximate surface area is 175 Å². The smallest absolute Gasteiger partial charge is 0.411 e. The Hall–Kier alpha value is -0.830. The number of ether oxygens (including phenoxy) is 1. The van der Waals surface area contributed by atoms with E-state index in [2.05, 4.69) is 11.6 Å².